The summed E-state index contributed by atoms with van der Waals surface area (Å²) >= 11 is 0. The van der Waals surface area contributed by atoms with Gasteiger partial charge in [-0.2, -0.15) is 0 Å². The van der Waals surface area contributed by atoms with Gasteiger partial charge in [-0.15, -0.1) is 0 Å². The molecule has 0 radical (unpaired) electrons. The Labute approximate surface area is 82.8 Å². The smallest absolute Gasteiger partial charge is 0.231 e. The van der Waals surface area contributed by atoms with E-state index in [-0.39, 0.29) is 5.54 Å². The Balaban J connectivity index is 2.13. The van der Waals surface area contributed by atoms with Crippen LogP contribution in [0.25, 0.3) is 0 Å². The zero-order valence-electron chi connectivity index (χ0n) is 8.17. The fraction of sp³-hybridized carbons (Fsp3) is 0.455. The Morgan fingerprint density at radius 3 is 2.50 bits per heavy atom. The van der Waals surface area contributed by atoms with E-state index in [1.807, 2.05) is 12.1 Å². The molecule has 0 atom stereocenters. The van der Waals surface area contributed by atoms with Crippen LogP contribution in [0.5, 0.6) is 11.5 Å². The zero-order valence-corrected chi connectivity index (χ0v) is 8.17. The van der Waals surface area contributed by atoms with Gasteiger partial charge in [0.05, 0.1) is 0 Å². The van der Waals surface area contributed by atoms with E-state index >= 15 is 0 Å². The fourth-order valence-corrected chi connectivity index (χ4v) is 1.98. The molecule has 1 aliphatic carbocycles. The maximum atomic E-state index is 6.17. The molecule has 1 aromatic rings. The van der Waals surface area contributed by atoms with Crippen LogP contribution in [-0.2, 0) is 5.54 Å². The average molecular weight is 191 g/mol. The number of fused-ring (bicyclic) bond motifs is 1. The lowest BCUT2D eigenvalue weighted by atomic mass is 9.99. The third-order valence-corrected chi connectivity index (χ3v) is 3.04. The number of aryl methyl sites for hydroxylation is 1. The summed E-state index contributed by atoms with van der Waals surface area (Å²) in [6, 6.07) is 4.05. The first-order chi connectivity index (χ1) is 6.69. The summed E-state index contributed by atoms with van der Waals surface area (Å²) in [7, 11) is 0. The van der Waals surface area contributed by atoms with Gasteiger partial charge in [0.1, 0.15) is 0 Å². The van der Waals surface area contributed by atoms with Gasteiger partial charge in [0, 0.05) is 5.54 Å². The number of ether oxygens (including phenoxy) is 2. The number of benzene rings is 1. The van der Waals surface area contributed by atoms with Crippen LogP contribution in [0.3, 0.4) is 0 Å². The monoisotopic (exact) mass is 191 g/mol. The predicted molar refractivity (Wildman–Crippen MR) is 52.4 cm³/mol. The summed E-state index contributed by atoms with van der Waals surface area (Å²) in [6.45, 7) is 2.40. The Kier molecular flexibility index (Phi) is 1.40. The Bertz CT molecular complexity index is 397. The molecular formula is C11H13NO2. The normalized spacial score (nSPS) is 21.0. The molecule has 0 amide bonds. The van der Waals surface area contributed by atoms with Gasteiger partial charge in [-0.1, -0.05) is 0 Å². The summed E-state index contributed by atoms with van der Waals surface area (Å²) in [4.78, 5) is 0. The van der Waals surface area contributed by atoms with E-state index in [0.29, 0.717) is 6.79 Å². The lowest BCUT2D eigenvalue weighted by molar-refractivity contribution is 0.174. The SMILES string of the molecule is Cc1cc2c(cc1C1(N)CC1)OCO2. The largest absolute Gasteiger partial charge is 0.454 e. The molecule has 3 nitrogen and oxygen atoms in total. The summed E-state index contributed by atoms with van der Waals surface area (Å²) in [6.07, 6.45) is 2.15. The second-order valence-electron chi connectivity index (χ2n) is 4.18. The molecule has 74 valence electrons. The molecule has 0 spiro atoms. The van der Waals surface area contributed by atoms with Crippen molar-refractivity contribution < 1.29 is 9.47 Å². The molecule has 0 aromatic heterocycles. The van der Waals surface area contributed by atoms with E-state index in [9.17, 15) is 0 Å². The Morgan fingerprint density at radius 2 is 1.86 bits per heavy atom. The van der Waals surface area contributed by atoms with Crippen molar-refractivity contribution in [1.82, 2.24) is 0 Å². The van der Waals surface area contributed by atoms with Gasteiger partial charge >= 0.3 is 0 Å². The van der Waals surface area contributed by atoms with Gasteiger partial charge in [0.15, 0.2) is 11.5 Å². The van der Waals surface area contributed by atoms with Gasteiger partial charge in [0.25, 0.3) is 0 Å². The number of rotatable bonds is 1. The zero-order chi connectivity index (χ0) is 9.76. The van der Waals surface area contributed by atoms with Crippen molar-refractivity contribution in [3.8, 4) is 11.5 Å². The second-order valence-corrected chi connectivity index (χ2v) is 4.18. The topological polar surface area (TPSA) is 44.5 Å². The molecule has 3 rings (SSSR count). The van der Waals surface area contributed by atoms with Gasteiger partial charge in [0.2, 0.25) is 6.79 Å². The lowest BCUT2D eigenvalue weighted by Gasteiger charge is -2.13. The molecule has 0 bridgehead atoms. The van der Waals surface area contributed by atoms with E-state index in [1.54, 1.807) is 0 Å². The molecule has 0 unspecified atom stereocenters. The van der Waals surface area contributed by atoms with Crippen molar-refractivity contribution >= 4 is 0 Å². The molecule has 1 saturated carbocycles. The standard InChI is InChI=1S/C11H13NO2/c1-7-4-9-10(14-6-13-9)5-8(7)11(12)2-3-11/h4-5H,2-3,6,12H2,1H3. The number of hydrogen-bond acceptors (Lipinski definition) is 3. The molecule has 14 heavy (non-hydrogen) atoms. The highest BCUT2D eigenvalue weighted by atomic mass is 16.7. The minimum absolute atomic E-state index is 0.0922. The van der Waals surface area contributed by atoms with Crippen LogP contribution < -0.4 is 15.2 Å². The van der Waals surface area contributed by atoms with Crippen molar-refractivity contribution in [1.29, 1.82) is 0 Å². The molecule has 2 aliphatic rings. The molecule has 2 N–H and O–H groups in total. The van der Waals surface area contributed by atoms with E-state index < -0.39 is 0 Å². The lowest BCUT2D eigenvalue weighted by Crippen LogP contribution is -2.19. The molecule has 3 heteroatoms. The van der Waals surface area contributed by atoms with Crippen LogP contribution >= 0.6 is 0 Å². The maximum Gasteiger partial charge on any atom is 0.231 e. The van der Waals surface area contributed by atoms with Crippen molar-refractivity contribution in [2.45, 2.75) is 25.3 Å². The van der Waals surface area contributed by atoms with Gasteiger partial charge in [-0.3, -0.25) is 0 Å². The molecule has 0 saturated heterocycles. The van der Waals surface area contributed by atoms with Gasteiger partial charge in [-0.05, 0) is 43.0 Å². The first-order valence-corrected chi connectivity index (χ1v) is 4.89. The summed E-state index contributed by atoms with van der Waals surface area (Å²) in [5, 5.41) is 0. The molecule has 1 heterocycles. The second kappa shape index (κ2) is 2.42. The predicted octanol–water partition coefficient (Wildman–Crippen LogP) is 1.67. The van der Waals surface area contributed by atoms with Crippen LogP contribution in [0, 0.1) is 6.92 Å². The van der Waals surface area contributed by atoms with E-state index in [1.165, 1.54) is 11.1 Å². The van der Waals surface area contributed by atoms with Crippen LogP contribution in [0.1, 0.15) is 24.0 Å². The van der Waals surface area contributed by atoms with Gasteiger partial charge < -0.3 is 15.2 Å². The van der Waals surface area contributed by atoms with Crippen LogP contribution in [0.15, 0.2) is 12.1 Å². The number of nitrogens with two attached hydrogens (primary N) is 1. The highest BCUT2D eigenvalue weighted by Gasteiger charge is 2.41. The van der Waals surface area contributed by atoms with E-state index in [2.05, 4.69) is 6.92 Å². The van der Waals surface area contributed by atoms with Crippen LogP contribution in [-0.4, -0.2) is 6.79 Å². The molecule has 1 aromatic carbocycles. The fourth-order valence-electron chi connectivity index (χ4n) is 1.98. The first-order valence-electron chi connectivity index (χ1n) is 4.89. The highest BCUT2D eigenvalue weighted by molar-refractivity contribution is 5.51. The van der Waals surface area contributed by atoms with Crippen molar-refractivity contribution in [2.75, 3.05) is 6.79 Å². The van der Waals surface area contributed by atoms with Gasteiger partial charge in [-0.25, -0.2) is 0 Å². The summed E-state index contributed by atoms with van der Waals surface area (Å²) in [5.41, 5.74) is 8.49. The minimum Gasteiger partial charge on any atom is -0.454 e. The maximum absolute atomic E-state index is 6.17. The average Bonchev–Trinajstić information content (AvgIpc) is 2.75. The molecular weight excluding hydrogens is 178 g/mol. The van der Waals surface area contributed by atoms with Crippen molar-refractivity contribution in [3.63, 3.8) is 0 Å². The third-order valence-electron chi connectivity index (χ3n) is 3.04. The quantitative estimate of drug-likeness (QED) is 0.734. The van der Waals surface area contributed by atoms with E-state index in [0.717, 1.165) is 24.3 Å². The summed E-state index contributed by atoms with van der Waals surface area (Å²) in [5.74, 6) is 1.68. The molecule has 1 fully saturated rings. The van der Waals surface area contributed by atoms with Crippen molar-refractivity contribution in [3.05, 3.63) is 23.3 Å². The Morgan fingerprint density at radius 1 is 1.21 bits per heavy atom. The minimum atomic E-state index is -0.0922. The van der Waals surface area contributed by atoms with E-state index in [4.69, 9.17) is 15.2 Å². The molecule has 1 aliphatic heterocycles. The van der Waals surface area contributed by atoms with Crippen molar-refractivity contribution in [2.24, 2.45) is 5.73 Å². The highest BCUT2D eigenvalue weighted by Crippen LogP contribution is 2.47. The Hall–Kier alpha value is -1.22. The number of hydrogen-bond donors (Lipinski definition) is 1. The van der Waals surface area contributed by atoms with Crippen LogP contribution in [0.2, 0.25) is 0 Å². The van der Waals surface area contributed by atoms with Crippen LogP contribution in [0.4, 0.5) is 0 Å². The third kappa shape index (κ3) is 1.02. The first kappa shape index (κ1) is 8.12. The summed E-state index contributed by atoms with van der Waals surface area (Å²) < 4.78 is 10.6.